The number of sulfonamides is 1. The van der Waals surface area contributed by atoms with E-state index in [1.807, 2.05) is 13.0 Å². The van der Waals surface area contributed by atoms with Crippen molar-refractivity contribution in [3.63, 3.8) is 0 Å². The van der Waals surface area contributed by atoms with Crippen molar-refractivity contribution in [2.45, 2.75) is 38.3 Å². The van der Waals surface area contributed by atoms with E-state index in [9.17, 15) is 8.42 Å². The minimum absolute atomic E-state index is 0. The van der Waals surface area contributed by atoms with Gasteiger partial charge in [-0.3, -0.25) is 4.99 Å². The van der Waals surface area contributed by atoms with E-state index in [1.165, 1.54) is 6.26 Å². The van der Waals surface area contributed by atoms with Crippen molar-refractivity contribution in [2.75, 3.05) is 12.8 Å². The molecule has 10 heteroatoms. The van der Waals surface area contributed by atoms with Gasteiger partial charge in [0, 0.05) is 22.6 Å². The van der Waals surface area contributed by atoms with E-state index in [2.05, 4.69) is 15.0 Å². The highest BCUT2D eigenvalue weighted by Gasteiger charge is 2.29. The number of rotatable bonds is 6. The number of nitrogens with zero attached hydrogens (tertiary/aromatic N) is 1. The molecule has 1 aliphatic carbocycles. The third-order valence-electron chi connectivity index (χ3n) is 4.31. The molecule has 3 unspecified atom stereocenters. The normalized spacial score (nSPS) is 21.9. The molecule has 0 amide bonds. The van der Waals surface area contributed by atoms with Crippen molar-refractivity contribution in [3.8, 4) is 0 Å². The molecule has 2 rings (SSSR count). The minimum Gasteiger partial charge on any atom is -0.370 e. The second kappa shape index (κ2) is 10.3. The fourth-order valence-corrected chi connectivity index (χ4v) is 4.53. The SMILES string of the molecule is CC(NC(N)=NCC1CCCC1NS(C)(=O)=O)c1ccc(Cl)cc1Cl.I. The lowest BCUT2D eigenvalue weighted by molar-refractivity contribution is 0.454. The molecule has 1 aliphatic rings. The average molecular weight is 535 g/mol. The van der Waals surface area contributed by atoms with E-state index in [0.29, 0.717) is 22.5 Å². The largest absolute Gasteiger partial charge is 0.370 e. The van der Waals surface area contributed by atoms with Gasteiger partial charge < -0.3 is 11.1 Å². The molecule has 1 fully saturated rings. The van der Waals surface area contributed by atoms with E-state index in [4.69, 9.17) is 28.9 Å². The van der Waals surface area contributed by atoms with E-state index in [0.717, 1.165) is 24.8 Å². The number of benzene rings is 1. The van der Waals surface area contributed by atoms with Gasteiger partial charge >= 0.3 is 0 Å². The number of aliphatic imine (C=N–C) groups is 1. The van der Waals surface area contributed by atoms with Crippen molar-refractivity contribution in [1.82, 2.24) is 10.0 Å². The Labute approximate surface area is 182 Å². The van der Waals surface area contributed by atoms with Crippen LogP contribution in [0.25, 0.3) is 0 Å². The summed E-state index contributed by atoms with van der Waals surface area (Å²) in [5.41, 5.74) is 6.85. The van der Waals surface area contributed by atoms with Gasteiger partial charge in [-0.05, 0) is 43.4 Å². The summed E-state index contributed by atoms with van der Waals surface area (Å²) in [5, 5.41) is 4.25. The van der Waals surface area contributed by atoms with Gasteiger partial charge in [0.05, 0.1) is 12.3 Å². The molecule has 0 heterocycles. The van der Waals surface area contributed by atoms with Gasteiger partial charge in [0.2, 0.25) is 10.0 Å². The van der Waals surface area contributed by atoms with Crippen molar-refractivity contribution >= 4 is 63.2 Å². The molecular formula is C16H25Cl2IN4O2S. The van der Waals surface area contributed by atoms with Crippen LogP contribution in [-0.2, 0) is 10.0 Å². The summed E-state index contributed by atoms with van der Waals surface area (Å²) < 4.78 is 25.5. The highest BCUT2D eigenvalue weighted by atomic mass is 127. The van der Waals surface area contributed by atoms with Crippen molar-refractivity contribution in [1.29, 1.82) is 0 Å². The molecule has 6 nitrogen and oxygen atoms in total. The molecule has 0 bridgehead atoms. The van der Waals surface area contributed by atoms with E-state index in [1.54, 1.807) is 12.1 Å². The van der Waals surface area contributed by atoms with Crippen LogP contribution in [-0.4, -0.2) is 33.2 Å². The second-order valence-corrected chi connectivity index (χ2v) is 9.07. The van der Waals surface area contributed by atoms with Crippen LogP contribution >= 0.6 is 47.2 Å². The van der Waals surface area contributed by atoms with Gasteiger partial charge in [0.15, 0.2) is 5.96 Å². The molecule has 0 radical (unpaired) electrons. The number of guanidine groups is 1. The lowest BCUT2D eigenvalue weighted by atomic mass is 10.1. The molecule has 148 valence electrons. The lowest BCUT2D eigenvalue weighted by Crippen LogP contribution is -2.39. The van der Waals surface area contributed by atoms with Crippen molar-refractivity contribution < 1.29 is 8.42 Å². The number of nitrogens with one attached hydrogen (secondary N) is 2. The standard InChI is InChI=1S/C16H24Cl2N4O2S.HI/c1-10(13-7-6-12(17)8-14(13)18)21-16(19)20-9-11-4-3-5-15(11)22-25(2,23)24;/h6-8,10-11,15,22H,3-5,9H2,1-2H3,(H3,19,20,21);1H. The van der Waals surface area contributed by atoms with Crippen LogP contribution < -0.4 is 15.8 Å². The maximum Gasteiger partial charge on any atom is 0.208 e. The Kier molecular flexibility index (Phi) is 9.42. The van der Waals surface area contributed by atoms with E-state index in [-0.39, 0.29) is 42.0 Å². The monoisotopic (exact) mass is 534 g/mol. The third-order valence-corrected chi connectivity index (χ3v) is 5.61. The molecule has 26 heavy (non-hydrogen) atoms. The highest BCUT2D eigenvalue weighted by molar-refractivity contribution is 14.0. The molecule has 1 aromatic carbocycles. The van der Waals surface area contributed by atoms with Gasteiger partial charge in [-0.2, -0.15) is 0 Å². The predicted molar refractivity (Wildman–Crippen MR) is 119 cm³/mol. The Morgan fingerprint density at radius 2 is 2.08 bits per heavy atom. The summed E-state index contributed by atoms with van der Waals surface area (Å²) in [7, 11) is -3.21. The fourth-order valence-electron chi connectivity index (χ4n) is 3.10. The molecule has 1 saturated carbocycles. The Hall–Kier alpha value is -0.290. The van der Waals surface area contributed by atoms with Crippen molar-refractivity contribution in [3.05, 3.63) is 33.8 Å². The summed E-state index contributed by atoms with van der Waals surface area (Å²) in [6, 6.07) is 5.10. The third kappa shape index (κ3) is 7.38. The van der Waals surface area contributed by atoms with Crippen LogP contribution in [0, 0.1) is 5.92 Å². The number of nitrogens with two attached hydrogens (primary N) is 1. The van der Waals surface area contributed by atoms with Crippen LogP contribution in [0.3, 0.4) is 0 Å². The molecule has 0 aliphatic heterocycles. The summed E-state index contributed by atoms with van der Waals surface area (Å²) in [5.74, 6) is 0.466. The molecule has 0 aromatic heterocycles. The first-order valence-corrected chi connectivity index (χ1v) is 10.8. The van der Waals surface area contributed by atoms with Crippen LogP contribution in [0.4, 0.5) is 0 Å². The average Bonchev–Trinajstić information content (AvgIpc) is 2.90. The smallest absolute Gasteiger partial charge is 0.208 e. The quantitative estimate of drug-likeness (QED) is 0.296. The van der Waals surface area contributed by atoms with Gasteiger partial charge in [0.1, 0.15) is 0 Å². The van der Waals surface area contributed by atoms with Gasteiger partial charge in [0.25, 0.3) is 0 Å². The number of halogens is 3. The first kappa shape index (κ1) is 23.7. The van der Waals surface area contributed by atoms with Gasteiger partial charge in [-0.1, -0.05) is 35.7 Å². The summed E-state index contributed by atoms with van der Waals surface area (Å²) in [6.07, 6.45) is 3.93. The molecular weight excluding hydrogens is 510 g/mol. The van der Waals surface area contributed by atoms with Crippen molar-refractivity contribution in [2.24, 2.45) is 16.6 Å². The molecule has 3 atom stereocenters. The molecule has 4 N–H and O–H groups in total. The predicted octanol–water partition coefficient (Wildman–Crippen LogP) is 3.29. The van der Waals surface area contributed by atoms with Crippen LogP contribution in [0.1, 0.15) is 37.8 Å². The topological polar surface area (TPSA) is 96.6 Å². The maximum absolute atomic E-state index is 11.4. The molecule has 0 saturated heterocycles. The summed E-state index contributed by atoms with van der Waals surface area (Å²) in [4.78, 5) is 4.38. The first-order chi connectivity index (χ1) is 11.7. The Balaban J connectivity index is 0.00000338. The lowest BCUT2D eigenvalue weighted by Gasteiger charge is -2.19. The van der Waals surface area contributed by atoms with Gasteiger partial charge in [-0.25, -0.2) is 13.1 Å². The zero-order valence-electron chi connectivity index (χ0n) is 14.7. The molecule has 0 spiro atoms. The van der Waals surface area contributed by atoms with Crippen LogP contribution in [0.5, 0.6) is 0 Å². The molecule has 1 aromatic rings. The first-order valence-electron chi connectivity index (χ1n) is 8.14. The highest BCUT2D eigenvalue weighted by Crippen LogP contribution is 2.27. The summed E-state index contributed by atoms with van der Waals surface area (Å²) >= 11 is 12.1. The van der Waals surface area contributed by atoms with E-state index < -0.39 is 10.0 Å². The zero-order chi connectivity index (χ0) is 18.6. The van der Waals surface area contributed by atoms with E-state index >= 15 is 0 Å². The second-order valence-electron chi connectivity index (χ2n) is 6.45. The Bertz CT molecular complexity index is 746. The fraction of sp³-hybridized carbons (Fsp3) is 0.562. The Morgan fingerprint density at radius 1 is 1.38 bits per heavy atom. The minimum atomic E-state index is -3.21. The summed E-state index contributed by atoms with van der Waals surface area (Å²) in [6.45, 7) is 2.41. The number of hydrogen-bond acceptors (Lipinski definition) is 3. The number of hydrogen-bond donors (Lipinski definition) is 3. The van der Waals surface area contributed by atoms with Crippen LogP contribution in [0.15, 0.2) is 23.2 Å². The Morgan fingerprint density at radius 3 is 2.69 bits per heavy atom. The van der Waals surface area contributed by atoms with Gasteiger partial charge in [-0.15, -0.1) is 24.0 Å². The van der Waals surface area contributed by atoms with Crippen LogP contribution in [0.2, 0.25) is 10.0 Å². The maximum atomic E-state index is 11.4. The zero-order valence-corrected chi connectivity index (χ0v) is 19.4.